The molecule has 3 heteroatoms. The first-order valence-electron chi connectivity index (χ1n) is 7.31. The highest BCUT2D eigenvalue weighted by atomic mass is 16.5. The van der Waals surface area contributed by atoms with Crippen molar-refractivity contribution in [3.05, 3.63) is 53.6 Å². The number of aryl methyl sites for hydroxylation is 1. The van der Waals surface area contributed by atoms with Gasteiger partial charge in [0.25, 0.3) is 0 Å². The molecule has 2 aromatic carbocycles. The van der Waals surface area contributed by atoms with Crippen molar-refractivity contribution in [1.82, 2.24) is 0 Å². The number of aldehydes is 1. The summed E-state index contributed by atoms with van der Waals surface area (Å²) in [5.41, 5.74) is 2.48. The molecule has 0 saturated heterocycles. The SMILES string of the molecule is CCCCNc1cc(C=O)cc(C)c1Oc1ccccc1. The van der Waals surface area contributed by atoms with E-state index in [9.17, 15) is 4.79 Å². The molecule has 1 N–H and O–H groups in total. The highest BCUT2D eigenvalue weighted by Crippen LogP contribution is 2.34. The fourth-order valence-corrected chi connectivity index (χ4v) is 2.14. The number of anilines is 1. The van der Waals surface area contributed by atoms with Crippen LogP contribution in [-0.2, 0) is 0 Å². The molecule has 0 aromatic heterocycles. The van der Waals surface area contributed by atoms with Crippen LogP contribution in [0.1, 0.15) is 35.7 Å². The van der Waals surface area contributed by atoms with Crippen LogP contribution in [0.5, 0.6) is 11.5 Å². The zero-order valence-electron chi connectivity index (χ0n) is 12.6. The summed E-state index contributed by atoms with van der Waals surface area (Å²) >= 11 is 0. The van der Waals surface area contributed by atoms with Crippen molar-refractivity contribution in [2.75, 3.05) is 11.9 Å². The molecule has 3 nitrogen and oxygen atoms in total. The highest BCUT2D eigenvalue weighted by molar-refractivity contribution is 5.80. The van der Waals surface area contributed by atoms with E-state index in [1.54, 1.807) is 0 Å². The highest BCUT2D eigenvalue weighted by Gasteiger charge is 2.10. The molecule has 0 aliphatic carbocycles. The lowest BCUT2D eigenvalue weighted by molar-refractivity contribution is 0.112. The average Bonchev–Trinajstić information content (AvgIpc) is 2.51. The summed E-state index contributed by atoms with van der Waals surface area (Å²) in [5, 5.41) is 3.37. The van der Waals surface area contributed by atoms with Gasteiger partial charge >= 0.3 is 0 Å². The van der Waals surface area contributed by atoms with Crippen molar-refractivity contribution in [2.24, 2.45) is 0 Å². The summed E-state index contributed by atoms with van der Waals surface area (Å²) in [5.74, 6) is 1.57. The molecule has 2 rings (SSSR count). The number of para-hydroxylation sites is 1. The third kappa shape index (κ3) is 4.09. The molecular formula is C18H21NO2. The monoisotopic (exact) mass is 283 g/mol. The minimum absolute atomic E-state index is 0.659. The van der Waals surface area contributed by atoms with Gasteiger partial charge in [-0.25, -0.2) is 0 Å². The third-order valence-electron chi connectivity index (χ3n) is 3.24. The molecule has 0 saturated carbocycles. The fraction of sp³-hybridized carbons (Fsp3) is 0.278. The minimum atomic E-state index is 0.659. The molecule has 0 unspecified atom stereocenters. The summed E-state index contributed by atoms with van der Waals surface area (Å²) in [6.07, 6.45) is 3.06. The molecule has 0 atom stereocenters. The molecule has 0 aliphatic rings. The van der Waals surface area contributed by atoms with E-state index in [-0.39, 0.29) is 0 Å². The standard InChI is InChI=1S/C18H21NO2/c1-3-4-10-19-17-12-15(13-20)11-14(2)18(17)21-16-8-6-5-7-9-16/h5-9,11-13,19H,3-4,10H2,1-2H3. The van der Waals surface area contributed by atoms with E-state index < -0.39 is 0 Å². The first kappa shape index (κ1) is 15.1. The maximum atomic E-state index is 11.0. The Hall–Kier alpha value is -2.29. The van der Waals surface area contributed by atoms with E-state index in [2.05, 4.69) is 12.2 Å². The quantitative estimate of drug-likeness (QED) is 0.585. The lowest BCUT2D eigenvalue weighted by atomic mass is 10.1. The maximum absolute atomic E-state index is 11.0. The molecule has 2 aromatic rings. The van der Waals surface area contributed by atoms with E-state index >= 15 is 0 Å². The van der Waals surface area contributed by atoms with Gasteiger partial charge in [0.2, 0.25) is 0 Å². The lowest BCUT2D eigenvalue weighted by Gasteiger charge is -2.16. The number of hydrogen-bond acceptors (Lipinski definition) is 3. The Labute approximate surface area is 126 Å². The molecule has 0 radical (unpaired) electrons. The van der Waals surface area contributed by atoms with Crippen LogP contribution in [0.4, 0.5) is 5.69 Å². The van der Waals surface area contributed by atoms with Crippen molar-refractivity contribution < 1.29 is 9.53 Å². The fourth-order valence-electron chi connectivity index (χ4n) is 2.14. The van der Waals surface area contributed by atoms with E-state index in [1.807, 2.05) is 49.4 Å². The third-order valence-corrected chi connectivity index (χ3v) is 3.24. The van der Waals surface area contributed by atoms with Gasteiger partial charge in [0.05, 0.1) is 5.69 Å². The maximum Gasteiger partial charge on any atom is 0.153 e. The van der Waals surface area contributed by atoms with Gasteiger partial charge in [0.1, 0.15) is 12.0 Å². The van der Waals surface area contributed by atoms with Gasteiger partial charge < -0.3 is 10.1 Å². The van der Waals surface area contributed by atoms with Gasteiger partial charge in [-0.3, -0.25) is 4.79 Å². The Morgan fingerprint density at radius 2 is 1.95 bits per heavy atom. The number of hydrogen-bond donors (Lipinski definition) is 1. The molecular weight excluding hydrogens is 262 g/mol. The topological polar surface area (TPSA) is 38.3 Å². The van der Waals surface area contributed by atoms with Crippen molar-refractivity contribution in [1.29, 1.82) is 0 Å². The second kappa shape index (κ2) is 7.48. The molecule has 0 fully saturated rings. The summed E-state index contributed by atoms with van der Waals surface area (Å²) in [4.78, 5) is 11.0. The minimum Gasteiger partial charge on any atom is -0.455 e. The Morgan fingerprint density at radius 3 is 2.62 bits per heavy atom. The van der Waals surface area contributed by atoms with Crippen LogP contribution in [0.25, 0.3) is 0 Å². The van der Waals surface area contributed by atoms with Crippen LogP contribution >= 0.6 is 0 Å². The number of unbranched alkanes of at least 4 members (excludes halogenated alkanes) is 1. The van der Waals surface area contributed by atoms with Gasteiger partial charge in [-0.2, -0.15) is 0 Å². The van der Waals surface area contributed by atoms with Crippen molar-refractivity contribution in [3.8, 4) is 11.5 Å². The van der Waals surface area contributed by atoms with Crippen LogP contribution in [0.15, 0.2) is 42.5 Å². The Balaban J connectivity index is 2.30. The Bertz CT molecular complexity index is 594. The smallest absolute Gasteiger partial charge is 0.153 e. The summed E-state index contributed by atoms with van der Waals surface area (Å²) < 4.78 is 5.99. The predicted octanol–water partition coefficient (Wildman–Crippen LogP) is 4.81. The van der Waals surface area contributed by atoms with Gasteiger partial charge in [-0.05, 0) is 43.2 Å². The Kier molecular flexibility index (Phi) is 5.38. The first-order valence-corrected chi connectivity index (χ1v) is 7.31. The molecule has 0 heterocycles. The van der Waals surface area contributed by atoms with Crippen LogP contribution in [0.2, 0.25) is 0 Å². The normalized spacial score (nSPS) is 10.2. The largest absolute Gasteiger partial charge is 0.455 e. The first-order chi connectivity index (χ1) is 10.2. The van der Waals surface area contributed by atoms with E-state index in [0.717, 1.165) is 48.4 Å². The zero-order chi connectivity index (χ0) is 15.1. The predicted molar refractivity (Wildman–Crippen MR) is 86.5 cm³/mol. The molecule has 0 bridgehead atoms. The Morgan fingerprint density at radius 1 is 1.19 bits per heavy atom. The lowest BCUT2D eigenvalue weighted by Crippen LogP contribution is -2.04. The van der Waals surface area contributed by atoms with Crippen molar-refractivity contribution in [3.63, 3.8) is 0 Å². The van der Waals surface area contributed by atoms with Gasteiger partial charge in [-0.15, -0.1) is 0 Å². The van der Waals surface area contributed by atoms with Crippen molar-refractivity contribution in [2.45, 2.75) is 26.7 Å². The summed E-state index contributed by atoms with van der Waals surface area (Å²) in [6, 6.07) is 13.4. The molecule has 0 amide bonds. The number of rotatable bonds is 7. The van der Waals surface area contributed by atoms with Gasteiger partial charge in [0.15, 0.2) is 5.75 Å². The van der Waals surface area contributed by atoms with E-state index in [1.165, 1.54) is 0 Å². The molecule has 0 aliphatic heterocycles. The second-order valence-corrected chi connectivity index (χ2v) is 5.03. The summed E-state index contributed by atoms with van der Waals surface area (Å²) in [6.45, 7) is 4.97. The van der Waals surface area contributed by atoms with Crippen LogP contribution in [0.3, 0.4) is 0 Å². The van der Waals surface area contributed by atoms with Gasteiger partial charge in [-0.1, -0.05) is 31.5 Å². The molecule has 110 valence electrons. The van der Waals surface area contributed by atoms with E-state index in [0.29, 0.717) is 5.56 Å². The van der Waals surface area contributed by atoms with Crippen LogP contribution in [-0.4, -0.2) is 12.8 Å². The van der Waals surface area contributed by atoms with Crippen LogP contribution in [0, 0.1) is 6.92 Å². The average molecular weight is 283 g/mol. The van der Waals surface area contributed by atoms with Crippen LogP contribution < -0.4 is 10.1 Å². The summed E-state index contributed by atoms with van der Waals surface area (Å²) in [7, 11) is 0. The molecule has 0 spiro atoms. The number of nitrogens with one attached hydrogen (secondary N) is 1. The van der Waals surface area contributed by atoms with Gasteiger partial charge in [0, 0.05) is 12.1 Å². The van der Waals surface area contributed by atoms with Crippen molar-refractivity contribution >= 4 is 12.0 Å². The molecule has 21 heavy (non-hydrogen) atoms. The number of carbonyl (C=O) groups is 1. The zero-order valence-corrected chi connectivity index (χ0v) is 12.6. The second-order valence-electron chi connectivity index (χ2n) is 5.03. The number of benzene rings is 2. The number of ether oxygens (including phenoxy) is 1. The number of carbonyl (C=O) groups excluding carboxylic acids is 1. The van der Waals surface area contributed by atoms with E-state index in [4.69, 9.17) is 4.74 Å².